The van der Waals surface area contributed by atoms with E-state index in [1.54, 1.807) is 0 Å². The van der Waals surface area contributed by atoms with Crippen molar-refractivity contribution < 1.29 is 4.74 Å². The zero-order chi connectivity index (χ0) is 17.9. The molecular formula is C22H38N2O. The fourth-order valence-corrected chi connectivity index (χ4v) is 3.91. The third-order valence-corrected chi connectivity index (χ3v) is 5.58. The van der Waals surface area contributed by atoms with Gasteiger partial charge < -0.3 is 15.0 Å². The zero-order valence-corrected chi connectivity index (χ0v) is 16.6. The Kier molecular flexibility index (Phi) is 9.35. The van der Waals surface area contributed by atoms with Crippen LogP contribution in [0.5, 0.6) is 5.75 Å². The first-order chi connectivity index (χ1) is 12.2. The molecule has 25 heavy (non-hydrogen) atoms. The number of nitrogens with one attached hydrogen (secondary N) is 1. The molecule has 1 aromatic rings. The topological polar surface area (TPSA) is 24.5 Å². The summed E-state index contributed by atoms with van der Waals surface area (Å²) in [6, 6.07) is 9.05. The van der Waals surface area contributed by atoms with Crippen LogP contribution < -0.4 is 10.1 Å². The van der Waals surface area contributed by atoms with Crippen LogP contribution in [0.25, 0.3) is 0 Å². The van der Waals surface area contributed by atoms with Crippen LogP contribution in [0.4, 0.5) is 0 Å². The van der Waals surface area contributed by atoms with E-state index >= 15 is 0 Å². The summed E-state index contributed by atoms with van der Waals surface area (Å²) in [7, 11) is 0. The number of hydrogen-bond acceptors (Lipinski definition) is 3. The van der Waals surface area contributed by atoms with Crippen LogP contribution in [-0.4, -0.2) is 37.2 Å². The fraction of sp³-hybridized carbons (Fsp3) is 0.727. The quantitative estimate of drug-likeness (QED) is 0.619. The van der Waals surface area contributed by atoms with E-state index in [2.05, 4.69) is 55.3 Å². The Hall–Kier alpha value is -1.06. The summed E-state index contributed by atoms with van der Waals surface area (Å²) in [5.74, 6) is 1.96. The molecule has 1 aliphatic carbocycles. The first kappa shape index (κ1) is 20.3. The summed E-state index contributed by atoms with van der Waals surface area (Å²) in [6.45, 7) is 11.6. The molecule has 142 valence electrons. The summed E-state index contributed by atoms with van der Waals surface area (Å²) < 4.78 is 6.07. The zero-order valence-electron chi connectivity index (χ0n) is 16.6. The number of benzene rings is 1. The summed E-state index contributed by atoms with van der Waals surface area (Å²) in [5, 5.41) is 3.72. The second kappa shape index (κ2) is 11.5. The average Bonchev–Trinajstić information content (AvgIpc) is 2.65. The van der Waals surface area contributed by atoms with Crippen LogP contribution >= 0.6 is 0 Å². The van der Waals surface area contributed by atoms with Crippen molar-refractivity contribution in [2.75, 3.05) is 26.2 Å². The van der Waals surface area contributed by atoms with E-state index in [1.807, 2.05) is 0 Å². The molecule has 1 unspecified atom stereocenters. The maximum absolute atomic E-state index is 6.07. The molecular weight excluding hydrogens is 308 g/mol. The normalized spacial score (nSPS) is 17.0. The predicted octanol–water partition coefficient (Wildman–Crippen LogP) is 4.86. The minimum absolute atomic E-state index is 0.576. The highest BCUT2D eigenvalue weighted by atomic mass is 16.5. The van der Waals surface area contributed by atoms with E-state index in [1.165, 1.54) is 44.1 Å². The van der Waals surface area contributed by atoms with Crippen molar-refractivity contribution in [3.05, 3.63) is 29.8 Å². The van der Waals surface area contributed by atoms with Gasteiger partial charge in [0.2, 0.25) is 0 Å². The molecule has 1 N–H and O–H groups in total. The van der Waals surface area contributed by atoms with Crippen LogP contribution in [0.15, 0.2) is 24.3 Å². The molecule has 3 nitrogen and oxygen atoms in total. The second-order valence-electron chi connectivity index (χ2n) is 7.50. The Bertz CT molecular complexity index is 467. The lowest BCUT2D eigenvalue weighted by Crippen LogP contribution is -2.29. The van der Waals surface area contributed by atoms with Crippen molar-refractivity contribution in [3.63, 3.8) is 0 Å². The molecule has 1 saturated carbocycles. The number of likely N-dealkylation sites (N-methyl/N-ethyl adjacent to an activating group) is 1. The molecule has 0 heterocycles. The summed E-state index contributed by atoms with van der Waals surface area (Å²) in [4.78, 5) is 2.40. The van der Waals surface area contributed by atoms with Gasteiger partial charge in [0.15, 0.2) is 0 Å². The Morgan fingerprint density at radius 2 is 1.84 bits per heavy atom. The lowest BCUT2D eigenvalue weighted by molar-refractivity contribution is 0.221. The maximum atomic E-state index is 6.07. The molecule has 3 heteroatoms. The number of rotatable bonds is 11. The van der Waals surface area contributed by atoms with Crippen LogP contribution in [0.3, 0.4) is 0 Å². The maximum Gasteiger partial charge on any atom is 0.123 e. The van der Waals surface area contributed by atoms with E-state index in [-0.39, 0.29) is 0 Å². The van der Waals surface area contributed by atoms with Crippen molar-refractivity contribution in [3.8, 4) is 5.75 Å². The minimum Gasteiger partial charge on any atom is -0.492 e. The van der Waals surface area contributed by atoms with Crippen molar-refractivity contribution in [2.24, 2.45) is 5.92 Å². The number of ether oxygens (including phenoxy) is 1. The Morgan fingerprint density at radius 1 is 1.12 bits per heavy atom. The Morgan fingerprint density at radius 3 is 2.56 bits per heavy atom. The van der Waals surface area contributed by atoms with Gasteiger partial charge in [0.05, 0.1) is 0 Å². The standard InChI is InChI=1S/C22H38N2O/c1-4-24(5-2)15-16-25-22-14-10-9-13-21(22)18-23-19(3)17-20-11-7-6-8-12-20/h9-10,13-14,19-20,23H,4-8,11-12,15-18H2,1-3H3. The van der Waals surface area contributed by atoms with Gasteiger partial charge in [-0.25, -0.2) is 0 Å². The molecule has 1 atom stereocenters. The predicted molar refractivity (Wildman–Crippen MR) is 107 cm³/mol. The molecule has 0 aliphatic heterocycles. The highest BCUT2D eigenvalue weighted by Crippen LogP contribution is 2.27. The Labute approximate surface area is 155 Å². The van der Waals surface area contributed by atoms with Gasteiger partial charge in [-0.3, -0.25) is 0 Å². The lowest BCUT2D eigenvalue weighted by Gasteiger charge is -2.25. The average molecular weight is 347 g/mol. The van der Waals surface area contributed by atoms with E-state index in [0.29, 0.717) is 6.04 Å². The van der Waals surface area contributed by atoms with Crippen molar-refractivity contribution in [1.82, 2.24) is 10.2 Å². The second-order valence-corrected chi connectivity index (χ2v) is 7.50. The highest BCUT2D eigenvalue weighted by Gasteiger charge is 2.16. The molecule has 0 saturated heterocycles. The molecule has 0 aromatic heterocycles. The minimum atomic E-state index is 0.576. The van der Waals surface area contributed by atoms with Crippen molar-refractivity contribution >= 4 is 0 Å². The van der Waals surface area contributed by atoms with Crippen LogP contribution in [0.1, 0.15) is 64.9 Å². The third-order valence-electron chi connectivity index (χ3n) is 5.58. The van der Waals surface area contributed by atoms with Gasteiger partial charge in [0.1, 0.15) is 12.4 Å². The van der Waals surface area contributed by atoms with E-state index in [4.69, 9.17) is 4.74 Å². The van der Waals surface area contributed by atoms with Gasteiger partial charge in [0.25, 0.3) is 0 Å². The van der Waals surface area contributed by atoms with Gasteiger partial charge in [-0.05, 0) is 38.4 Å². The van der Waals surface area contributed by atoms with E-state index in [0.717, 1.165) is 44.5 Å². The SMILES string of the molecule is CCN(CC)CCOc1ccccc1CNC(C)CC1CCCCC1. The lowest BCUT2D eigenvalue weighted by atomic mass is 9.85. The molecule has 1 fully saturated rings. The van der Waals surface area contributed by atoms with Crippen molar-refractivity contribution in [1.29, 1.82) is 0 Å². The first-order valence-electron chi connectivity index (χ1n) is 10.4. The number of hydrogen-bond donors (Lipinski definition) is 1. The molecule has 0 amide bonds. The summed E-state index contributed by atoms with van der Waals surface area (Å²) in [6.07, 6.45) is 8.47. The Balaban J connectivity index is 1.77. The van der Waals surface area contributed by atoms with Crippen molar-refractivity contribution in [2.45, 2.75) is 71.9 Å². The number of para-hydroxylation sites is 1. The van der Waals surface area contributed by atoms with Crippen LogP contribution in [-0.2, 0) is 6.54 Å². The molecule has 1 aromatic carbocycles. The number of nitrogens with zero attached hydrogens (tertiary/aromatic N) is 1. The van der Waals surface area contributed by atoms with Gasteiger partial charge in [-0.1, -0.05) is 64.2 Å². The van der Waals surface area contributed by atoms with Crippen LogP contribution in [0, 0.1) is 5.92 Å². The first-order valence-corrected chi connectivity index (χ1v) is 10.4. The molecule has 1 aliphatic rings. The largest absolute Gasteiger partial charge is 0.492 e. The molecule has 0 bridgehead atoms. The summed E-state index contributed by atoms with van der Waals surface area (Å²) in [5.41, 5.74) is 1.28. The third kappa shape index (κ3) is 7.37. The smallest absolute Gasteiger partial charge is 0.123 e. The monoisotopic (exact) mass is 346 g/mol. The molecule has 0 spiro atoms. The van der Waals surface area contributed by atoms with Gasteiger partial charge >= 0.3 is 0 Å². The van der Waals surface area contributed by atoms with Gasteiger partial charge in [-0.15, -0.1) is 0 Å². The van der Waals surface area contributed by atoms with Crippen LogP contribution in [0.2, 0.25) is 0 Å². The summed E-state index contributed by atoms with van der Waals surface area (Å²) >= 11 is 0. The molecule has 0 radical (unpaired) electrons. The highest BCUT2D eigenvalue weighted by molar-refractivity contribution is 5.33. The molecule has 2 rings (SSSR count). The van der Waals surface area contributed by atoms with E-state index < -0.39 is 0 Å². The van der Waals surface area contributed by atoms with E-state index in [9.17, 15) is 0 Å². The van der Waals surface area contributed by atoms with Gasteiger partial charge in [-0.2, -0.15) is 0 Å². The van der Waals surface area contributed by atoms with Gasteiger partial charge in [0, 0.05) is 24.7 Å². The fourth-order valence-electron chi connectivity index (χ4n) is 3.91.